The Morgan fingerprint density at radius 1 is 0.889 bits per heavy atom. The highest BCUT2D eigenvalue weighted by Gasteiger charge is 2.29. The summed E-state index contributed by atoms with van der Waals surface area (Å²) < 4.78 is 0. The van der Waals surface area contributed by atoms with Crippen molar-refractivity contribution in [3.63, 3.8) is 0 Å². The van der Waals surface area contributed by atoms with Gasteiger partial charge in [0, 0.05) is 0 Å². The molecule has 0 heteroatoms. The van der Waals surface area contributed by atoms with E-state index < -0.39 is 0 Å². The quantitative estimate of drug-likeness (QED) is 0.525. The molecule has 0 radical (unpaired) electrons. The highest BCUT2D eigenvalue weighted by Crippen LogP contribution is 2.42. The maximum atomic E-state index is 3.96. The fourth-order valence-corrected chi connectivity index (χ4v) is 4.29. The Morgan fingerprint density at radius 3 is 1.94 bits per heavy atom. The van der Waals surface area contributed by atoms with E-state index >= 15 is 0 Å². The molecular weight excluding hydrogens is 216 g/mol. The molecule has 0 unspecified atom stereocenters. The van der Waals surface area contributed by atoms with E-state index in [4.69, 9.17) is 0 Å². The zero-order valence-electron chi connectivity index (χ0n) is 12.4. The van der Waals surface area contributed by atoms with Gasteiger partial charge in [-0.2, -0.15) is 0 Å². The van der Waals surface area contributed by atoms with Crippen LogP contribution in [0.5, 0.6) is 0 Å². The Labute approximate surface area is 114 Å². The Hall–Kier alpha value is -0.260. The molecular formula is C18H32. The van der Waals surface area contributed by atoms with E-state index in [2.05, 4.69) is 19.6 Å². The summed E-state index contributed by atoms with van der Waals surface area (Å²) in [5.41, 5.74) is 0. The molecule has 0 aromatic carbocycles. The van der Waals surface area contributed by atoms with Gasteiger partial charge in [0.15, 0.2) is 0 Å². The van der Waals surface area contributed by atoms with Crippen molar-refractivity contribution < 1.29 is 0 Å². The first-order chi connectivity index (χ1) is 8.83. The minimum Gasteiger partial charge on any atom is -0.103 e. The molecule has 0 amide bonds. The van der Waals surface area contributed by atoms with Gasteiger partial charge in [0.25, 0.3) is 0 Å². The largest absolute Gasteiger partial charge is 0.103 e. The summed E-state index contributed by atoms with van der Waals surface area (Å²) in [6.07, 6.45) is 18.5. The van der Waals surface area contributed by atoms with Gasteiger partial charge in [0.05, 0.1) is 0 Å². The van der Waals surface area contributed by atoms with Crippen molar-refractivity contribution in [2.24, 2.45) is 23.7 Å². The van der Waals surface area contributed by atoms with E-state index in [1.54, 1.807) is 0 Å². The van der Waals surface area contributed by atoms with Crippen LogP contribution in [0.1, 0.15) is 77.6 Å². The number of unbranched alkanes of at least 4 members (excludes halogenated alkanes) is 1. The first-order valence-electron chi connectivity index (χ1n) is 8.46. The highest BCUT2D eigenvalue weighted by molar-refractivity contribution is 4.87. The number of hydrogen-bond acceptors (Lipinski definition) is 0. The van der Waals surface area contributed by atoms with Crippen molar-refractivity contribution in [2.45, 2.75) is 77.6 Å². The molecule has 0 nitrogen and oxygen atoms in total. The van der Waals surface area contributed by atoms with Gasteiger partial charge in [0.1, 0.15) is 0 Å². The monoisotopic (exact) mass is 248 g/mol. The van der Waals surface area contributed by atoms with Crippen LogP contribution in [0.3, 0.4) is 0 Å². The van der Waals surface area contributed by atoms with Crippen molar-refractivity contribution in [1.29, 1.82) is 0 Å². The van der Waals surface area contributed by atoms with Crippen LogP contribution in [0.4, 0.5) is 0 Å². The molecule has 0 saturated heterocycles. The van der Waals surface area contributed by atoms with Crippen molar-refractivity contribution >= 4 is 0 Å². The Bertz CT molecular complexity index is 226. The molecule has 104 valence electrons. The second-order valence-corrected chi connectivity index (χ2v) is 6.83. The molecule has 0 spiro atoms. The van der Waals surface area contributed by atoms with Gasteiger partial charge < -0.3 is 0 Å². The zero-order valence-corrected chi connectivity index (χ0v) is 12.4. The van der Waals surface area contributed by atoms with E-state index in [-0.39, 0.29) is 0 Å². The first kappa shape index (κ1) is 14.2. The van der Waals surface area contributed by atoms with Crippen LogP contribution in [0.25, 0.3) is 0 Å². The fourth-order valence-electron chi connectivity index (χ4n) is 4.29. The zero-order chi connectivity index (χ0) is 12.8. The van der Waals surface area contributed by atoms with Crippen LogP contribution in [0.15, 0.2) is 12.7 Å². The van der Waals surface area contributed by atoms with Gasteiger partial charge in [0.2, 0.25) is 0 Å². The molecule has 0 heterocycles. The fraction of sp³-hybridized carbons (Fsp3) is 0.889. The van der Waals surface area contributed by atoms with Crippen molar-refractivity contribution in [3.8, 4) is 0 Å². The summed E-state index contributed by atoms with van der Waals surface area (Å²) in [5.74, 6) is 4.05. The lowest BCUT2D eigenvalue weighted by Gasteiger charge is -2.37. The van der Waals surface area contributed by atoms with Crippen LogP contribution in [0.2, 0.25) is 0 Å². The van der Waals surface area contributed by atoms with Crippen molar-refractivity contribution in [3.05, 3.63) is 12.7 Å². The summed E-state index contributed by atoms with van der Waals surface area (Å²) in [5, 5.41) is 0. The standard InChI is InChI=1S/C18H32/c1-3-5-6-16-9-13-18(14-10-16)17-11-7-15(4-2)8-12-17/h4,15-18H,2-3,5-14H2,1H3. The maximum Gasteiger partial charge on any atom is -0.0236 e. The van der Waals surface area contributed by atoms with E-state index in [1.165, 1.54) is 70.6 Å². The van der Waals surface area contributed by atoms with Crippen LogP contribution in [-0.2, 0) is 0 Å². The summed E-state index contributed by atoms with van der Waals surface area (Å²) in [6, 6.07) is 0. The average Bonchev–Trinajstić information content (AvgIpc) is 2.46. The van der Waals surface area contributed by atoms with Gasteiger partial charge in [-0.05, 0) is 62.2 Å². The van der Waals surface area contributed by atoms with Gasteiger partial charge in [-0.1, -0.05) is 45.1 Å². The summed E-state index contributed by atoms with van der Waals surface area (Å²) in [4.78, 5) is 0. The van der Waals surface area contributed by atoms with Gasteiger partial charge >= 0.3 is 0 Å². The molecule has 0 aliphatic heterocycles. The van der Waals surface area contributed by atoms with Crippen LogP contribution >= 0.6 is 0 Å². The van der Waals surface area contributed by atoms with E-state index in [9.17, 15) is 0 Å². The van der Waals surface area contributed by atoms with E-state index in [0.717, 1.165) is 23.7 Å². The molecule has 2 fully saturated rings. The van der Waals surface area contributed by atoms with Crippen LogP contribution in [-0.4, -0.2) is 0 Å². The SMILES string of the molecule is C=CC1CCC(C2CCC(CCCC)CC2)CC1. The lowest BCUT2D eigenvalue weighted by atomic mass is 9.69. The summed E-state index contributed by atoms with van der Waals surface area (Å²) in [6.45, 7) is 6.28. The molecule has 2 rings (SSSR count). The predicted octanol–water partition coefficient (Wildman–Crippen LogP) is 5.98. The Morgan fingerprint density at radius 2 is 1.44 bits per heavy atom. The van der Waals surface area contributed by atoms with Crippen molar-refractivity contribution in [2.75, 3.05) is 0 Å². The summed E-state index contributed by atoms with van der Waals surface area (Å²) >= 11 is 0. The molecule has 0 bridgehead atoms. The maximum absolute atomic E-state index is 3.96. The third-order valence-electron chi connectivity index (χ3n) is 5.67. The number of allylic oxidation sites excluding steroid dienone is 1. The van der Waals surface area contributed by atoms with Gasteiger partial charge in [-0.15, -0.1) is 6.58 Å². The molecule has 18 heavy (non-hydrogen) atoms. The molecule has 2 saturated carbocycles. The Kier molecular flexibility index (Phi) is 5.79. The van der Waals surface area contributed by atoms with E-state index in [0.29, 0.717) is 0 Å². The predicted molar refractivity (Wildman–Crippen MR) is 80.6 cm³/mol. The van der Waals surface area contributed by atoms with Crippen molar-refractivity contribution in [1.82, 2.24) is 0 Å². The smallest absolute Gasteiger partial charge is 0.0236 e. The third kappa shape index (κ3) is 3.87. The number of rotatable bonds is 5. The molecule has 2 aliphatic rings. The molecule has 0 atom stereocenters. The topological polar surface area (TPSA) is 0 Å². The molecule has 0 aromatic heterocycles. The summed E-state index contributed by atoms with van der Waals surface area (Å²) in [7, 11) is 0. The highest BCUT2D eigenvalue weighted by atomic mass is 14.3. The lowest BCUT2D eigenvalue weighted by Crippen LogP contribution is -2.25. The molecule has 0 N–H and O–H groups in total. The number of hydrogen-bond donors (Lipinski definition) is 0. The van der Waals surface area contributed by atoms with Crippen LogP contribution in [0, 0.1) is 23.7 Å². The third-order valence-corrected chi connectivity index (χ3v) is 5.67. The average molecular weight is 248 g/mol. The molecule has 2 aliphatic carbocycles. The minimum absolute atomic E-state index is 0.835. The minimum atomic E-state index is 0.835. The molecule has 0 aromatic rings. The second-order valence-electron chi connectivity index (χ2n) is 6.83. The van der Waals surface area contributed by atoms with Gasteiger partial charge in [-0.3, -0.25) is 0 Å². The van der Waals surface area contributed by atoms with E-state index in [1.807, 2.05) is 0 Å². The normalized spacial score (nSPS) is 37.4. The van der Waals surface area contributed by atoms with Gasteiger partial charge in [-0.25, -0.2) is 0 Å². The first-order valence-corrected chi connectivity index (χ1v) is 8.46. The lowest BCUT2D eigenvalue weighted by molar-refractivity contribution is 0.152. The van der Waals surface area contributed by atoms with Crippen LogP contribution < -0.4 is 0 Å². The second kappa shape index (κ2) is 7.36. The Balaban J connectivity index is 1.68.